The maximum Gasteiger partial charge on any atom is 0.200 e. The first kappa shape index (κ1) is 10.9. The van der Waals surface area contributed by atoms with Crippen molar-refractivity contribution in [2.24, 2.45) is 7.05 Å². The molecular formula is C12H15N3OS. The second kappa shape index (κ2) is 4.56. The summed E-state index contributed by atoms with van der Waals surface area (Å²) < 4.78 is 7.37. The van der Waals surface area contributed by atoms with Crippen LogP contribution in [0.25, 0.3) is 11.6 Å². The average molecular weight is 249 g/mol. The van der Waals surface area contributed by atoms with Gasteiger partial charge in [0, 0.05) is 12.3 Å². The lowest BCUT2D eigenvalue weighted by Gasteiger charge is -2.07. The highest BCUT2D eigenvalue weighted by Crippen LogP contribution is 2.34. The molecule has 1 aliphatic rings. The smallest absolute Gasteiger partial charge is 0.200 e. The van der Waals surface area contributed by atoms with Gasteiger partial charge in [-0.15, -0.1) is 10.2 Å². The third-order valence-electron chi connectivity index (χ3n) is 3.15. The summed E-state index contributed by atoms with van der Waals surface area (Å²) in [7, 11) is 2.00. The summed E-state index contributed by atoms with van der Waals surface area (Å²) in [6, 6.07) is 3.78. The van der Waals surface area contributed by atoms with E-state index in [2.05, 4.69) is 10.2 Å². The third-order valence-corrected chi connectivity index (χ3v) is 4.52. The summed E-state index contributed by atoms with van der Waals surface area (Å²) in [6.07, 6.45) is 6.95. The van der Waals surface area contributed by atoms with Crippen LogP contribution >= 0.6 is 11.8 Å². The quantitative estimate of drug-likeness (QED) is 0.838. The van der Waals surface area contributed by atoms with Gasteiger partial charge in [0.05, 0.1) is 6.26 Å². The molecule has 0 radical (unpaired) electrons. The van der Waals surface area contributed by atoms with Crippen molar-refractivity contribution in [1.29, 1.82) is 0 Å². The van der Waals surface area contributed by atoms with Crippen molar-refractivity contribution < 1.29 is 4.42 Å². The topological polar surface area (TPSA) is 43.9 Å². The summed E-state index contributed by atoms with van der Waals surface area (Å²) in [5, 5.41) is 10.1. The Bertz CT molecular complexity index is 486. The van der Waals surface area contributed by atoms with Crippen LogP contribution in [0.4, 0.5) is 0 Å². The Kier molecular flexibility index (Phi) is 2.93. The summed E-state index contributed by atoms with van der Waals surface area (Å²) in [4.78, 5) is 0. The lowest BCUT2D eigenvalue weighted by molar-refractivity contribution is 0.572. The van der Waals surface area contributed by atoms with Crippen molar-refractivity contribution in [2.45, 2.75) is 36.1 Å². The van der Waals surface area contributed by atoms with Gasteiger partial charge in [0.15, 0.2) is 16.7 Å². The van der Waals surface area contributed by atoms with E-state index in [0.717, 1.165) is 16.7 Å². The molecule has 17 heavy (non-hydrogen) atoms. The van der Waals surface area contributed by atoms with Gasteiger partial charge in [-0.05, 0) is 25.0 Å². The molecular weight excluding hydrogens is 234 g/mol. The van der Waals surface area contributed by atoms with Crippen LogP contribution in [0, 0.1) is 0 Å². The van der Waals surface area contributed by atoms with Gasteiger partial charge in [0.2, 0.25) is 0 Å². The monoisotopic (exact) mass is 249 g/mol. The van der Waals surface area contributed by atoms with E-state index in [1.807, 2.05) is 35.5 Å². The van der Waals surface area contributed by atoms with Gasteiger partial charge >= 0.3 is 0 Å². The Morgan fingerprint density at radius 1 is 1.35 bits per heavy atom. The fourth-order valence-electron chi connectivity index (χ4n) is 2.19. The molecule has 5 heteroatoms. The molecule has 0 saturated heterocycles. The minimum absolute atomic E-state index is 0.711. The molecule has 0 bridgehead atoms. The van der Waals surface area contributed by atoms with Gasteiger partial charge in [-0.25, -0.2) is 0 Å². The molecule has 2 heterocycles. The molecule has 0 amide bonds. The van der Waals surface area contributed by atoms with Crippen LogP contribution < -0.4 is 0 Å². The SMILES string of the molecule is Cn1c(SC2CCCC2)nnc1-c1ccco1. The first-order valence-corrected chi connectivity index (χ1v) is 6.82. The molecule has 0 N–H and O–H groups in total. The molecule has 2 aromatic heterocycles. The second-order valence-electron chi connectivity index (χ2n) is 4.37. The van der Waals surface area contributed by atoms with E-state index in [4.69, 9.17) is 4.42 Å². The highest BCUT2D eigenvalue weighted by Gasteiger charge is 2.20. The third kappa shape index (κ3) is 2.11. The van der Waals surface area contributed by atoms with Crippen LogP contribution in [0.15, 0.2) is 28.0 Å². The van der Waals surface area contributed by atoms with Crippen LogP contribution in [0.5, 0.6) is 0 Å². The highest BCUT2D eigenvalue weighted by atomic mass is 32.2. The Morgan fingerprint density at radius 3 is 2.88 bits per heavy atom. The predicted octanol–water partition coefficient (Wildman–Crippen LogP) is 3.11. The van der Waals surface area contributed by atoms with E-state index in [-0.39, 0.29) is 0 Å². The number of furan rings is 1. The van der Waals surface area contributed by atoms with Crippen LogP contribution in [-0.2, 0) is 7.05 Å². The molecule has 3 rings (SSSR count). The van der Waals surface area contributed by atoms with Crippen LogP contribution in [0.2, 0.25) is 0 Å². The molecule has 1 saturated carbocycles. The lowest BCUT2D eigenvalue weighted by Crippen LogP contribution is -1.99. The van der Waals surface area contributed by atoms with Crippen molar-refractivity contribution in [3.63, 3.8) is 0 Å². The van der Waals surface area contributed by atoms with E-state index < -0.39 is 0 Å². The van der Waals surface area contributed by atoms with Crippen LogP contribution in [0.3, 0.4) is 0 Å². The van der Waals surface area contributed by atoms with E-state index in [9.17, 15) is 0 Å². The zero-order valence-corrected chi connectivity index (χ0v) is 10.6. The summed E-state index contributed by atoms with van der Waals surface area (Å²) in [5.41, 5.74) is 0. The molecule has 4 nitrogen and oxygen atoms in total. The number of nitrogens with zero attached hydrogens (tertiary/aromatic N) is 3. The summed E-state index contributed by atoms with van der Waals surface area (Å²) in [5.74, 6) is 1.58. The standard InChI is InChI=1S/C12H15N3OS/c1-15-11(10-7-4-8-16-10)13-14-12(15)17-9-5-2-3-6-9/h4,7-9H,2-3,5-6H2,1H3. The normalized spacial score (nSPS) is 16.8. The maximum atomic E-state index is 5.35. The van der Waals surface area contributed by atoms with E-state index in [0.29, 0.717) is 5.25 Å². The van der Waals surface area contributed by atoms with Crippen molar-refractivity contribution in [3.05, 3.63) is 18.4 Å². The molecule has 1 aliphatic carbocycles. The van der Waals surface area contributed by atoms with Gasteiger partial charge in [0.25, 0.3) is 0 Å². The number of aromatic nitrogens is 3. The van der Waals surface area contributed by atoms with Crippen LogP contribution in [-0.4, -0.2) is 20.0 Å². The van der Waals surface area contributed by atoms with Crippen molar-refractivity contribution >= 4 is 11.8 Å². The van der Waals surface area contributed by atoms with Crippen molar-refractivity contribution in [2.75, 3.05) is 0 Å². The Morgan fingerprint density at radius 2 is 2.18 bits per heavy atom. The minimum atomic E-state index is 0.711. The largest absolute Gasteiger partial charge is 0.461 e. The molecule has 0 unspecified atom stereocenters. The molecule has 1 fully saturated rings. The zero-order chi connectivity index (χ0) is 11.7. The molecule has 0 spiro atoms. The number of thioether (sulfide) groups is 1. The second-order valence-corrected chi connectivity index (χ2v) is 5.63. The number of rotatable bonds is 3. The zero-order valence-electron chi connectivity index (χ0n) is 9.80. The highest BCUT2D eigenvalue weighted by molar-refractivity contribution is 7.99. The first-order chi connectivity index (χ1) is 8.34. The maximum absolute atomic E-state index is 5.35. The predicted molar refractivity (Wildman–Crippen MR) is 66.8 cm³/mol. The van der Waals surface area contributed by atoms with Gasteiger partial charge < -0.3 is 8.98 Å². The fraction of sp³-hybridized carbons (Fsp3) is 0.500. The van der Waals surface area contributed by atoms with Crippen LogP contribution in [0.1, 0.15) is 25.7 Å². The fourth-order valence-corrected chi connectivity index (χ4v) is 3.39. The van der Waals surface area contributed by atoms with Gasteiger partial charge in [-0.1, -0.05) is 24.6 Å². The van der Waals surface area contributed by atoms with E-state index >= 15 is 0 Å². The van der Waals surface area contributed by atoms with Gasteiger partial charge in [-0.3, -0.25) is 0 Å². The Labute approximate surface area is 104 Å². The molecule has 0 aromatic carbocycles. The lowest BCUT2D eigenvalue weighted by atomic mass is 10.4. The first-order valence-electron chi connectivity index (χ1n) is 5.94. The van der Waals surface area contributed by atoms with E-state index in [1.54, 1.807) is 6.26 Å². The summed E-state index contributed by atoms with van der Waals surface area (Å²) >= 11 is 1.84. The Balaban J connectivity index is 1.82. The molecule has 0 aliphatic heterocycles. The number of hydrogen-bond donors (Lipinski definition) is 0. The Hall–Kier alpha value is -1.23. The molecule has 0 atom stereocenters. The number of hydrogen-bond acceptors (Lipinski definition) is 4. The minimum Gasteiger partial charge on any atom is -0.461 e. The average Bonchev–Trinajstić information content (AvgIpc) is 3.03. The van der Waals surface area contributed by atoms with Crippen molar-refractivity contribution in [1.82, 2.24) is 14.8 Å². The van der Waals surface area contributed by atoms with Gasteiger partial charge in [0.1, 0.15) is 0 Å². The molecule has 90 valence electrons. The summed E-state index contributed by atoms with van der Waals surface area (Å²) in [6.45, 7) is 0. The van der Waals surface area contributed by atoms with Crippen molar-refractivity contribution in [3.8, 4) is 11.6 Å². The van der Waals surface area contributed by atoms with E-state index in [1.165, 1.54) is 25.7 Å². The molecule has 2 aromatic rings. The van der Waals surface area contributed by atoms with Gasteiger partial charge in [-0.2, -0.15) is 0 Å².